The van der Waals surface area contributed by atoms with Gasteiger partial charge in [0.1, 0.15) is 17.5 Å². The molecular weight excluding hydrogens is 564 g/mol. The molecule has 1 fully saturated rings. The third kappa shape index (κ3) is 5.19. The van der Waals surface area contributed by atoms with Crippen molar-refractivity contribution < 1.29 is 28.5 Å². The quantitative estimate of drug-likeness (QED) is 0.298. The molecule has 0 radical (unpaired) electrons. The highest BCUT2D eigenvalue weighted by Gasteiger charge is 2.48. The van der Waals surface area contributed by atoms with Crippen LogP contribution in [0.4, 0.5) is 0 Å². The number of nitrogens with zero attached hydrogens (tertiary/aromatic N) is 2. The molecule has 3 aliphatic rings. The van der Waals surface area contributed by atoms with Crippen LogP contribution in [-0.4, -0.2) is 59.0 Å². The summed E-state index contributed by atoms with van der Waals surface area (Å²) in [6.45, 7) is 13.4. The molecule has 3 aromatic rings. The second-order valence-corrected chi connectivity index (χ2v) is 13.9. The first-order chi connectivity index (χ1) is 20.4. The molecule has 2 atom stereocenters. The molecule has 2 unspecified atom stereocenters. The number of carbonyl (C=O) groups is 2. The van der Waals surface area contributed by atoms with E-state index in [2.05, 4.69) is 55.0 Å². The Morgan fingerprint density at radius 3 is 2.58 bits per heavy atom. The van der Waals surface area contributed by atoms with E-state index < -0.39 is 24.0 Å². The molecule has 2 aromatic heterocycles. The maximum absolute atomic E-state index is 14.4. The number of hydrogen-bond donors (Lipinski definition) is 0. The molecule has 3 aliphatic heterocycles. The van der Waals surface area contributed by atoms with Gasteiger partial charge in [-0.25, -0.2) is 4.79 Å². The number of fused-ring (bicyclic) bond motifs is 5. The highest BCUT2D eigenvalue weighted by molar-refractivity contribution is 7.13. The van der Waals surface area contributed by atoms with Crippen molar-refractivity contribution in [3.05, 3.63) is 52.0 Å². The van der Waals surface area contributed by atoms with Crippen molar-refractivity contribution in [2.24, 2.45) is 0 Å². The van der Waals surface area contributed by atoms with Gasteiger partial charge in [-0.15, -0.1) is 11.3 Å². The van der Waals surface area contributed by atoms with Gasteiger partial charge in [0.25, 0.3) is 5.91 Å². The molecule has 8 nitrogen and oxygen atoms in total. The lowest BCUT2D eigenvalue weighted by Gasteiger charge is -2.37. The van der Waals surface area contributed by atoms with E-state index in [0.717, 1.165) is 76.3 Å². The molecule has 0 spiro atoms. The molecule has 230 valence electrons. The summed E-state index contributed by atoms with van der Waals surface area (Å²) < 4.78 is 26.0. The topological polar surface area (TPSA) is 79.2 Å². The summed E-state index contributed by atoms with van der Waals surface area (Å²) in [4.78, 5) is 30.7. The minimum Gasteiger partial charge on any atom is -0.496 e. The number of thiophene rings is 1. The van der Waals surface area contributed by atoms with Crippen LogP contribution in [-0.2, 0) is 38.4 Å². The van der Waals surface area contributed by atoms with Crippen LogP contribution < -0.4 is 4.74 Å². The number of esters is 1. The monoisotopic (exact) mass is 606 g/mol. The summed E-state index contributed by atoms with van der Waals surface area (Å²) >= 11 is 1.70. The van der Waals surface area contributed by atoms with Gasteiger partial charge in [0.05, 0.1) is 19.4 Å². The molecule has 6 rings (SSSR count). The molecule has 0 bridgehead atoms. The van der Waals surface area contributed by atoms with Gasteiger partial charge in [0, 0.05) is 40.2 Å². The maximum atomic E-state index is 14.4. The predicted octanol–water partition coefficient (Wildman–Crippen LogP) is 6.78. The van der Waals surface area contributed by atoms with Gasteiger partial charge >= 0.3 is 5.97 Å². The van der Waals surface area contributed by atoms with E-state index in [1.807, 2.05) is 4.90 Å². The Labute approximate surface area is 257 Å². The van der Waals surface area contributed by atoms with Crippen LogP contribution in [0.1, 0.15) is 87.7 Å². The number of ether oxygens (including phenoxy) is 4. The van der Waals surface area contributed by atoms with E-state index in [1.54, 1.807) is 39.2 Å². The lowest BCUT2D eigenvalue weighted by molar-refractivity contribution is -0.170. The molecule has 1 amide bonds. The number of methoxy groups -OCH3 is 1. The molecule has 9 heteroatoms. The van der Waals surface area contributed by atoms with Crippen molar-refractivity contribution in [3.63, 3.8) is 0 Å². The molecular formula is C34H42N2O6S. The molecule has 0 saturated carbocycles. The SMILES string of the molecule is CCOC(=O)C1OC(C)(C)OC1c1cc2c(cc1OC)CCn1c3c(c(-c4cccs4)c1-2)CCCCN(C(C)(C)C)C3=O. The summed E-state index contributed by atoms with van der Waals surface area (Å²) in [5, 5.41) is 2.09. The lowest BCUT2D eigenvalue weighted by atomic mass is 9.89. The normalized spacial score (nSPS) is 21.5. The summed E-state index contributed by atoms with van der Waals surface area (Å²) in [5.74, 6) is -0.703. The van der Waals surface area contributed by atoms with Gasteiger partial charge in [0.2, 0.25) is 0 Å². The van der Waals surface area contributed by atoms with Gasteiger partial charge in [-0.05, 0) is 102 Å². The van der Waals surface area contributed by atoms with Crippen molar-refractivity contribution >= 4 is 23.2 Å². The standard InChI is InChI=1S/C34H42N2O6S/c1-8-40-32(38)30-29(41-34(5,6)42-30)23-19-22-20(18-24(23)39-7)14-16-35-27(22)26(25-13-11-17-43-25)21-12-9-10-15-36(33(2,3)4)31(37)28(21)35/h11,13,17-19,29-30H,8-10,12,14-16H2,1-7H3. The van der Waals surface area contributed by atoms with Gasteiger partial charge in [-0.2, -0.15) is 0 Å². The fraction of sp³-hybridized carbons (Fsp3) is 0.529. The fourth-order valence-corrected chi connectivity index (χ4v) is 7.67. The number of hydrogen-bond acceptors (Lipinski definition) is 7. The van der Waals surface area contributed by atoms with Crippen LogP contribution in [0.25, 0.3) is 21.7 Å². The third-order valence-electron chi connectivity index (χ3n) is 8.69. The fourth-order valence-electron chi connectivity index (χ4n) is 6.87. The number of benzene rings is 1. The van der Waals surface area contributed by atoms with Crippen LogP contribution in [0.2, 0.25) is 0 Å². The highest BCUT2D eigenvalue weighted by atomic mass is 32.1. The van der Waals surface area contributed by atoms with Crippen LogP contribution >= 0.6 is 11.3 Å². The van der Waals surface area contributed by atoms with Gasteiger partial charge in [-0.1, -0.05) is 6.07 Å². The third-order valence-corrected chi connectivity index (χ3v) is 9.57. The first kappa shape index (κ1) is 29.9. The highest BCUT2D eigenvalue weighted by Crippen LogP contribution is 2.50. The van der Waals surface area contributed by atoms with Crippen LogP contribution in [0, 0.1) is 0 Å². The maximum Gasteiger partial charge on any atom is 0.338 e. The molecule has 1 aromatic carbocycles. The Kier molecular flexibility index (Phi) is 7.72. The van der Waals surface area contributed by atoms with E-state index in [4.69, 9.17) is 18.9 Å². The minimum atomic E-state index is -0.982. The van der Waals surface area contributed by atoms with E-state index in [1.165, 1.54) is 0 Å². The van der Waals surface area contributed by atoms with Gasteiger partial charge in [-0.3, -0.25) is 4.79 Å². The second kappa shape index (κ2) is 11.1. The zero-order chi connectivity index (χ0) is 30.7. The number of aryl methyl sites for hydroxylation is 1. The largest absolute Gasteiger partial charge is 0.496 e. The van der Waals surface area contributed by atoms with Crippen LogP contribution in [0.15, 0.2) is 29.6 Å². The number of aromatic nitrogens is 1. The van der Waals surface area contributed by atoms with Crippen molar-refractivity contribution in [3.8, 4) is 27.4 Å². The summed E-state index contributed by atoms with van der Waals surface area (Å²) in [6, 6.07) is 8.38. The average Bonchev–Trinajstić information content (AvgIpc) is 3.65. The van der Waals surface area contributed by atoms with Crippen molar-refractivity contribution in [2.45, 2.75) is 97.3 Å². The summed E-state index contributed by atoms with van der Waals surface area (Å²) in [7, 11) is 1.64. The van der Waals surface area contributed by atoms with Crippen LogP contribution in [0.3, 0.4) is 0 Å². The zero-order valence-electron chi connectivity index (χ0n) is 26.2. The Morgan fingerprint density at radius 1 is 1.12 bits per heavy atom. The molecule has 43 heavy (non-hydrogen) atoms. The Bertz CT molecular complexity index is 1550. The van der Waals surface area contributed by atoms with Crippen molar-refractivity contribution in [1.82, 2.24) is 9.47 Å². The second-order valence-electron chi connectivity index (χ2n) is 13.0. The smallest absolute Gasteiger partial charge is 0.338 e. The molecule has 0 aliphatic carbocycles. The molecule has 0 N–H and O–H groups in total. The first-order valence-corrected chi connectivity index (χ1v) is 16.2. The molecule has 5 heterocycles. The number of amides is 1. The van der Waals surface area contributed by atoms with Crippen molar-refractivity contribution in [1.29, 1.82) is 0 Å². The molecule has 1 saturated heterocycles. The van der Waals surface area contributed by atoms with Gasteiger partial charge in [0.15, 0.2) is 11.9 Å². The summed E-state index contributed by atoms with van der Waals surface area (Å²) in [5.41, 5.74) is 6.73. The Hall–Kier alpha value is -3.14. The average molecular weight is 607 g/mol. The van der Waals surface area contributed by atoms with E-state index in [9.17, 15) is 9.59 Å². The van der Waals surface area contributed by atoms with Crippen molar-refractivity contribution in [2.75, 3.05) is 20.3 Å². The number of rotatable bonds is 5. The zero-order valence-corrected chi connectivity index (χ0v) is 27.1. The van der Waals surface area contributed by atoms with Crippen LogP contribution in [0.5, 0.6) is 5.75 Å². The predicted molar refractivity (Wildman–Crippen MR) is 167 cm³/mol. The van der Waals surface area contributed by atoms with E-state index >= 15 is 0 Å². The summed E-state index contributed by atoms with van der Waals surface area (Å²) in [6.07, 6.45) is 1.93. The van der Waals surface area contributed by atoms with E-state index in [0.29, 0.717) is 12.3 Å². The first-order valence-electron chi connectivity index (χ1n) is 15.3. The minimum absolute atomic E-state index is 0.0973. The lowest BCUT2D eigenvalue weighted by Crippen LogP contribution is -2.47. The van der Waals surface area contributed by atoms with Gasteiger partial charge < -0.3 is 28.4 Å². The Morgan fingerprint density at radius 2 is 1.91 bits per heavy atom. The number of carbonyl (C=O) groups excluding carboxylic acids is 2. The van der Waals surface area contributed by atoms with E-state index in [-0.39, 0.29) is 18.1 Å². The Balaban J connectivity index is 1.59.